The first-order valence-electron chi connectivity index (χ1n) is 7.64. The van der Waals surface area contributed by atoms with Crippen LogP contribution in [0.1, 0.15) is 5.56 Å². The highest BCUT2D eigenvalue weighted by Crippen LogP contribution is 2.29. The lowest BCUT2D eigenvalue weighted by Gasteiger charge is -2.10. The Morgan fingerprint density at radius 1 is 1.12 bits per heavy atom. The number of nitro groups is 1. The molecular weight excluding hydrogens is 356 g/mol. The summed E-state index contributed by atoms with van der Waals surface area (Å²) in [5.41, 5.74) is 1.78. The zero-order valence-electron chi connectivity index (χ0n) is 14.1. The van der Waals surface area contributed by atoms with Crippen molar-refractivity contribution in [1.29, 1.82) is 0 Å². The molecular formula is C17H16N4O4S. The van der Waals surface area contributed by atoms with Crippen molar-refractivity contribution in [2.24, 2.45) is 0 Å². The summed E-state index contributed by atoms with van der Waals surface area (Å²) < 4.78 is 10.6. The maximum absolute atomic E-state index is 10.7. The molecule has 8 nitrogen and oxygen atoms in total. The van der Waals surface area contributed by atoms with Crippen LogP contribution in [-0.2, 0) is 6.54 Å². The molecule has 0 saturated carbocycles. The predicted octanol–water partition coefficient (Wildman–Crippen LogP) is 3.74. The molecule has 0 saturated heterocycles. The van der Waals surface area contributed by atoms with E-state index in [-0.39, 0.29) is 5.69 Å². The third kappa shape index (κ3) is 3.89. The molecule has 0 unspecified atom stereocenters. The van der Waals surface area contributed by atoms with Crippen LogP contribution in [0.2, 0.25) is 0 Å². The molecule has 0 bridgehead atoms. The van der Waals surface area contributed by atoms with Crippen LogP contribution in [0.25, 0.3) is 10.6 Å². The Balaban J connectivity index is 1.70. The molecule has 0 aliphatic carbocycles. The van der Waals surface area contributed by atoms with Gasteiger partial charge in [-0.1, -0.05) is 11.3 Å². The SMILES string of the molecule is COc1ccc(CNc2nnc(-c3ccc([N+](=O)[O-])cc3)s2)c(OC)c1. The standard InChI is InChI=1S/C17H16N4O4S/c1-24-14-8-5-12(15(9-14)25-2)10-18-17-20-19-16(26-17)11-3-6-13(7-4-11)21(22)23/h3-9H,10H2,1-2H3,(H,18,20). The number of aromatic nitrogens is 2. The predicted molar refractivity (Wildman–Crippen MR) is 98.9 cm³/mol. The van der Waals surface area contributed by atoms with Gasteiger partial charge in [0.25, 0.3) is 5.69 Å². The molecule has 26 heavy (non-hydrogen) atoms. The largest absolute Gasteiger partial charge is 0.497 e. The molecule has 1 aromatic heterocycles. The van der Waals surface area contributed by atoms with Crippen molar-refractivity contribution in [3.63, 3.8) is 0 Å². The van der Waals surface area contributed by atoms with Crippen LogP contribution in [0.3, 0.4) is 0 Å². The number of rotatable bonds is 7. The van der Waals surface area contributed by atoms with Crippen LogP contribution >= 0.6 is 11.3 Å². The van der Waals surface area contributed by atoms with Gasteiger partial charge in [-0.25, -0.2) is 0 Å². The van der Waals surface area contributed by atoms with Gasteiger partial charge in [-0.15, -0.1) is 10.2 Å². The van der Waals surface area contributed by atoms with Crippen LogP contribution in [0.4, 0.5) is 10.8 Å². The summed E-state index contributed by atoms with van der Waals surface area (Å²) in [5, 5.41) is 23.5. The van der Waals surface area contributed by atoms with Crippen molar-refractivity contribution >= 4 is 22.2 Å². The lowest BCUT2D eigenvalue weighted by atomic mass is 10.2. The van der Waals surface area contributed by atoms with Crippen molar-refractivity contribution in [3.05, 3.63) is 58.1 Å². The zero-order valence-corrected chi connectivity index (χ0v) is 14.9. The van der Waals surface area contributed by atoms with Crippen LogP contribution in [0.15, 0.2) is 42.5 Å². The normalized spacial score (nSPS) is 10.4. The Morgan fingerprint density at radius 3 is 2.54 bits per heavy atom. The minimum absolute atomic E-state index is 0.0446. The number of methoxy groups -OCH3 is 2. The molecule has 0 amide bonds. The highest BCUT2D eigenvalue weighted by atomic mass is 32.1. The minimum Gasteiger partial charge on any atom is -0.497 e. The number of hydrogen-bond donors (Lipinski definition) is 1. The third-order valence-electron chi connectivity index (χ3n) is 3.67. The van der Waals surface area contributed by atoms with Gasteiger partial charge in [0, 0.05) is 35.9 Å². The summed E-state index contributed by atoms with van der Waals surface area (Å²) >= 11 is 1.37. The number of benzene rings is 2. The van der Waals surface area contributed by atoms with E-state index in [2.05, 4.69) is 15.5 Å². The second-order valence-corrected chi connectivity index (χ2v) is 6.23. The fourth-order valence-corrected chi connectivity index (χ4v) is 3.05. The van der Waals surface area contributed by atoms with Crippen LogP contribution in [0, 0.1) is 10.1 Å². The van der Waals surface area contributed by atoms with Crippen molar-refractivity contribution in [1.82, 2.24) is 10.2 Å². The first kappa shape index (κ1) is 17.6. The second-order valence-electron chi connectivity index (χ2n) is 5.25. The first-order valence-corrected chi connectivity index (χ1v) is 8.45. The van der Waals surface area contributed by atoms with Gasteiger partial charge in [0.2, 0.25) is 5.13 Å². The highest BCUT2D eigenvalue weighted by Gasteiger charge is 2.11. The molecule has 2 aromatic carbocycles. The van der Waals surface area contributed by atoms with E-state index < -0.39 is 4.92 Å². The van der Waals surface area contributed by atoms with E-state index in [0.717, 1.165) is 22.6 Å². The summed E-state index contributed by atoms with van der Waals surface area (Å²) in [5.74, 6) is 1.44. The average Bonchev–Trinajstić information content (AvgIpc) is 3.15. The molecule has 9 heteroatoms. The van der Waals surface area contributed by atoms with E-state index in [0.29, 0.717) is 16.7 Å². The topological polar surface area (TPSA) is 99.4 Å². The zero-order chi connectivity index (χ0) is 18.5. The molecule has 0 aliphatic heterocycles. The van der Waals surface area contributed by atoms with Gasteiger partial charge in [0.15, 0.2) is 0 Å². The van der Waals surface area contributed by atoms with Crippen LogP contribution < -0.4 is 14.8 Å². The van der Waals surface area contributed by atoms with Crippen LogP contribution in [-0.4, -0.2) is 29.3 Å². The quantitative estimate of drug-likeness (QED) is 0.498. The van der Waals surface area contributed by atoms with E-state index in [9.17, 15) is 10.1 Å². The van der Waals surface area contributed by atoms with E-state index in [1.54, 1.807) is 26.4 Å². The fraction of sp³-hybridized carbons (Fsp3) is 0.176. The Labute approximate surface area is 153 Å². The number of hydrogen-bond acceptors (Lipinski definition) is 8. The number of nitrogens with one attached hydrogen (secondary N) is 1. The van der Waals surface area contributed by atoms with Gasteiger partial charge in [-0.2, -0.15) is 0 Å². The first-order chi connectivity index (χ1) is 12.6. The third-order valence-corrected chi connectivity index (χ3v) is 4.60. The van der Waals surface area contributed by atoms with Gasteiger partial charge in [0.05, 0.1) is 19.1 Å². The van der Waals surface area contributed by atoms with Crippen molar-refractivity contribution < 1.29 is 14.4 Å². The van der Waals surface area contributed by atoms with Gasteiger partial charge in [0.1, 0.15) is 16.5 Å². The van der Waals surface area contributed by atoms with Crippen LogP contribution in [0.5, 0.6) is 11.5 Å². The van der Waals surface area contributed by atoms with Crippen molar-refractivity contribution in [2.45, 2.75) is 6.54 Å². The van der Waals surface area contributed by atoms with Crippen molar-refractivity contribution in [2.75, 3.05) is 19.5 Å². The number of nitrogens with zero attached hydrogens (tertiary/aromatic N) is 3. The summed E-state index contributed by atoms with van der Waals surface area (Å²) in [7, 11) is 3.21. The van der Waals surface area contributed by atoms with Crippen molar-refractivity contribution in [3.8, 4) is 22.1 Å². The summed E-state index contributed by atoms with van der Waals surface area (Å²) in [6.07, 6.45) is 0. The molecule has 3 aromatic rings. The van der Waals surface area contributed by atoms with Gasteiger partial charge < -0.3 is 14.8 Å². The number of ether oxygens (including phenoxy) is 2. The Kier molecular flexibility index (Phi) is 5.28. The molecule has 1 heterocycles. The maximum Gasteiger partial charge on any atom is 0.269 e. The average molecular weight is 372 g/mol. The van der Waals surface area contributed by atoms with Gasteiger partial charge in [-0.3, -0.25) is 10.1 Å². The number of nitro benzene ring substituents is 1. The molecule has 0 fully saturated rings. The number of non-ortho nitro benzene ring substituents is 1. The highest BCUT2D eigenvalue weighted by molar-refractivity contribution is 7.18. The molecule has 0 radical (unpaired) electrons. The lowest BCUT2D eigenvalue weighted by molar-refractivity contribution is -0.384. The molecule has 1 N–H and O–H groups in total. The monoisotopic (exact) mass is 372 g/mol. The van der Waals surface area contributed by atoms with E-state index in [1.165, 1.54) is 23.5 Å². The molecule has 3 rings (SSSR count). The molecule has 0 aliphatic rings. The Morgan fingerprint density at radius 2 is 1.88 bits per heavy atom. The second kappa shape index (κ2) is 7.79. The number of anilines is 1. The Hall–Kier alpha value is -3.20. The molecule has 0 atom stereocenters. The molecule has 0 spiro atoms. The summed E-state index contributed by atoms with van der Waals surface area (Å²) in [6.45, 7) is 0.516. The fourth-order valence-electron chi connectivity index (χ4n) is 2.31. The minimum atomic E-state index is -0.431. The lowest BCUT2D eigenvalue weighted by Crippen LogP contribution is -2.01. The Bertz CT molecular complexity index is 911. The smallest absolute Gasteiger partial charge is 0.269 e. The van der Waals surface area contributed by atoms with E-state index in [1.807, 2.05) is 18.2 Å². The van der Waals surface area contributed by atoms with Gasteiger partial charge >= 0.3 is 0 Å². The van der Waals surface area contributed by atoms with E-state index in [4.69, 9.17) is 9.47 Å². The summed E-state index contributed by atoms with van der Waals surface area (Å²) in [6, 6.07) is 11.8. The molecule has 134 valence electrons. The summed E-state index contributed by atoms with van der Waals surface area (Å²) in [4.78, 5) is 10.3. The maximum atomic E-state index is 10.7. The van der Waals surface area contributed by atoms with E-state index >= 15 is 0 Å². The van der Waals surface area contributed by atoms with Gasteiger partial charge in [-0.05, 0) is 24.3 Å².